The van der Waals surface area contributed by atoms with Gasteiger partial charge in [-0.3, -0.25) is 0 Å². The van der Waals surface area contributed by atoms with E-state index in [9.17, 15) is 5.11 Å². The van der Waals surface area contributed by atoms with Crippen LogP contribution in [-0.2, 0) is 0 Å². The van der Waals surface area contributed by atoms with Gasteiger partial charge in [-0.05, 0) is 37.8 Å². The zero-order chi connectivity index (χ0) is 10.7. The Morgan fingerprint density at radius 2 is 2.27 bits per heavy atom. The molecular formula is C11H15ClN2O. The fourth-order valence-electron chi connectivity index (χ4n) is 1.99. The minimum Gasteiger partial charge on any atom is -0.393 e. The Hall–Kier alpha value is -0.800. The Bertz CT molecular complexity index is 332. The van der Waals surface area contributed by atoms with E-state index in [2.05, 4.69) is 10.3 Å². The molecule has 0 aromatic carbocycles. The van der Waals surface area contributed by atoms with E-state index in [4.69, 9.17) is 11.6 Å². The number of aliphatic hydroxyl groups excluding tert-OH is 1. The Morgan fingerprint density at radius 1 is 1.40 bits per heavy atom. The van der Waals surface area contributed by atoms with Crippen molar-refractivity contribution in [1.82, 2.24) is 4.98 Å². The summed E-state index contributed by atoms with van der Waals surface area (Å²) in [6, 6.07) is 5.84. The highest BCUT2D eigenvalue weighted by molar-refractivity contribution is 6.29. The van der Waals surface area contributed by atoms with Crippen LogP contribution in [-0.4, -0.2) is 22.2 Å². The topological polar surface area (TPSA) is 45.1 Å². The van der Waals surface area contributed by atoms with Gasteiger partial charge < -0.3 is 10.4 Å². The minimum atomic E-state index is -0.171. The molecule has 0 spiro atoms. The van der Waals surface area contributed by atoms with Gasteiger partial charge in [0.15, 0.2) is 0 Å². The molecule has 1 heterocycles. The molecular weight excluding hydrogens is 212 g/mol. The maximum absolute atomic E-state index is 9.53. The van der Waals surface area contributed by atoms with Crippen LogP contribution in [0.25, 0.3) is 0 Å². The summed E-state index contributed by atoms with van der Waals surface area (Å²) in [5.41, 5.74) is 0. The van der Waals surface area contributed by atoms with Crippen molar-refractivity contribution in [2.45, 2.75) is 37.8 Å². The van der Waals surface area contributed by atoms with Crippen molar-refractivity contribution in [3.8, 4) is 0 Å². The maximum Gasteiger partial charge on any atom is 0.131 e. The van der Waals surface area contributed by atoms with E-state index in [0.717, 1.165) is 31.5 Å². The molecule has 82 valence electrons. The van der Waals surface area contributed by atoms with Gasteiger partial charge in [0.1, 0.15) is 11.0 Å². The van der Waals surface area contributed by atoms with Crippen LogP contribution in [0.2, 0.25) is 5.15 Å². The Balaban J connectivity index is 1.96. The number of anilines is 1. The molecule has 0 amide bonds. The average Bonchev–Trinajstić information content (AvgIpc) is 2.17. The summed E-state index contributed by atoms with van der Waals surface area (Å²) in [4.78, 5) is 4.17. The Labute approximate surface area is 94.5 Å². The smallest absolute Gasteiger partial charge is 0.131 e. The highest BCUT2D eigenvalue weighted by Gasteiger charge is 2.19. The lowest BCUT2D eigenvalue weighted by Gasteiger charge is -2.27. The predicted octanol–water partition coefficient (Wildman–Crippen LogP) is 2.45. The molecule has 1 aromatic heterocycles. The summed E-state index contributed by atoms with van der Waals surface area (Å²) in [5, 5.41) is 13.3. The molecule has 1 aliphatic carbocycles. The second-order valence-corrected chi connectivity index (χ2v) is 4.39. The van der Waals surface area contributed by atoms with Gasteiger partial charge in [0, 0.05) is 6.04 Å². The van der Waals surface area contributed by atoms with Gasteiger partial charge in [0.05, 0.1) is 6.10 Å². The van der Waals surface area contributed by atoms with E-state index in [1.54, 1.807) is 6.07 Å². The average molecular weight is 227 g/mol. The van der Waals surface area contributed by atoms with Crippen LogP contribution < -0.4 is 5.32 Å². The van der Waals surface area contributed by atoms with Gasteiger partial charge in [-0.1, -0.05) is 17.7 Å². The fraction of sp³-hybridized carbons (Fsp3) is 0.545. The Morgan fingerprint density at radius 3 is 3.00 bits per heavy atom. The van der Waals surface area contributed by atoms with Crippen molar-refractivity contribution < 1.29 is 5.11 Å². The van der Waals surface area contributed by atoms with Crippen LogP contribution in [0.4, 0.5) is 5.82 Å². The number of nitrogens with one attached hydrogen (secondary N) is 1. The maximum atomic E-state index is 9.53. The number of rotatable bonds is 2. The molecule has 3 nitrogen and oxygen atoms in total. The van der Waals surface area contributed by atoms with Crippen molar-refractivity contribution in [2.24, 2.45) is 0 Å². The van der Waals surface area contributed by atoms with Crippen molar-refractivity contribution in [3.63, 3.8) is 0 Å². The third-order valence-corrected chi connectivity index (χ3v) is 2.92. The zero-order valence-electron chi connectivity index (χ0n) is 8.49. The molecule has 15 heavy (non-hydrogen) atoms. The zero-order valence-corrected chi connectivity index (χ0v) is 9.24. The first-order valence-electron chi connectivity index (χ1n) is 5.31. The first-order valence-corrected chi connectivity index (χ1v) is 5.69. The highest BCUT2D eigenvalue weighted by atomic mass is 35.5. The van der Waals surface area contributed by atoms with E-state index >= 15 is 0 Å². The number of hydrogen-bond donors (Lipinski definition) is 2. The third-order valence-electron chi connectivity index (χ3n) is 2.71. The van der Waals surface area contributed by atoms with Crippen LogP contribution >= 0.6 is 11.6 Å². The second kappa shape index (κ2) is 4.81. The number of aromatic nitrogens is 1. The molecule has 1 saturated carbocycles. The van der Waals surface area contributed by atoms with Gasteiger partial charge in [-0.15, -0.1) is 0 Å². The van der Waals surface area contributed by atoms with Crippen LogP contribution in [0.15, 0.2) is 18.2 Å². The largest absolute Gasteiger partial charge is 0.393 e. The summed E-state index contributed by atoms with van der Waals surface area (Å²) in [5.74, 6) is 0.793. The van der Waals surface area contributed by atoms with E-state index in [0.29, 0.717) is 11.2 Å². The van der Waals surface area contributed by atoms with Crippen molar-refractivity contribution in [3.05, 3.63) is 23.4 Å². The Kier molecular flexibility index (Phi) is 3.44. The predicted molar refractivity (Wildman–Crippen MR) is 61.1 cm³/mol. The third kappa shape index (κ3) is 3.08. The van der Waals surface area contributed by atoms with Crippen LogP contribution in [0, 0.1) is 0 Å². The summed E-state index contributed by atoms with van der Waals surface area (Å²) in [6.07, 6.45) is 3.70. The molecule has 0 aliphatic heterocycles. The van der Waals surface area contributed by atoms with Crippen LogP contribution in [0.3, 0.4) is 0 Å². The monoisotopic (exact) mass is 226 g/mol. The van der Waals surface area contributed by atoms with Gasteiger partial charge >= 0.3 is 0 Å². The molecule has 1 aliphatic rings. The number of aliphatic hydroxyl groups is 1. The lowest BCUT2D eigenvalue weighted by atomic mass is 9.93. The number of pyridine rings is 1. The number of halogens is 1. The van der Waals surface area contributed by atoms with E-state index in [-0.39, 0.29) is 6.10 Å². The normalized spacial score (nSPS) is 26.3. The first-order chi connectivity index (χ1) is 7.24. The fourth-order valence-corrected chi connectivity index (χ4v) is 2.16. The molecule has 4 heteroatoms. The van der Waals surface area contributed by atoms with Gasteiger partial charge in [0.2, 0.25) is 0 Å². The summed E-state index contributed by atoms with van der Waals surface area (Å²) in [7, 11) is 0. The minimum absolute atomic E-state index is 0.171. The van der Waals surface area contributed by atoms with E-state index in [1.807, 2.05) is 12.1 Å². The lowest BCUT2D eigenvalue weighted by molar-refractivity contribution is 0.124. The molecule has 0 saturated heterocycles. The van der Waals surface area contributed by atoms with Gasteiger partial charge in [-0.2, -0.15) is 0 Å². The molecule has 2 rings (SSSR count). The highest BCUT2D eigenvalue weighted by Crippen LogP contribution is 2.21. The SMILES string of the molecule is OC1CCCC(Nc2cccc(Cl)n2)C1. The van der Waals surface area contributed by atoms with Gasteiger partial charge in [0.25, 0.3) is 0 Å². The van der Waals surface area contributed by atoms with E-state index < -0.39 is 0 Å². The molecule has 1 aromatic rings. The molecule has 2 N–H and O–H groups in total. The molecule has 2 atom stereocenters. The van der Waals surface area contributed by atoms with Gasteiger partial charge in [-0.25, -0.2) is 4.98 Å². The quantitative estimate of drug-likeness (QED) is 0.762. The van der Waals surface area contributed by atoms with Crippen molar-refractivity contribution in [2.75, 3.05) is 5.32 Å². The second-order valence-electron chi connectivity index (χ2n) is 4.01. The van der Waals surface area contributed by atoms with Crippen molar-refractivity contribution >= 4 is 17.4 Å². The summed E-state index contributed by atoms with van der Waals surface area (Å²) in [6.45, 7) is 0. The summed E-state index contributed by atoms with van der Waals surface area (Å²) >= 11 is 5.79. The molecule has 2 unspecified atom stereocenters. The van der Waals surface area contributed by atoms with E-state index in [1.165, 1.54) is 0 Å². The molecule has 0 radical (unpaired) electrons. The van der Waals surface area contributed by atoms with Crippen LogP contribution in [0.5, 0.6) is 0 Å². The standard InChI is InChI=1S/C11H15ClN2O/c12-10-5-2-6-11(14-10)13-8-3-1-4-9(15)7-8/h2,5-6,8-9,15H,1,3-4,7H2,(H,13,14). The summed E-state index contributed by atoms with van der Waals surface area (Å²) < 4.78 is 0. The molecule has 1 fully saturated rings. The lowest BCUT2D eigenvalue weighted by Crippen LogP contribution is -2.30. The van der Waals surface area contributed by atoms with Crippen LogP contribution in [0.1, 0.15) is 25.7 Å². The molecule has 0 bridgehead atoms. The van der Waals surface area contributed by atoms with Crippen molar-refractivity contribution in [1.29, 1.82) is 0 Å². The number of hydrogen-bond acceptors (Lipinski definition) is 3. The first kappa shape index (κ1) is 10.7. The number of nitrogens with zero attached hydrogens (tertiary/aromatic N) is 1.